The molecule has 2 rings (SSSR count). The van der Waals surface area contributed by atoms with Crippen molar-refractivity contribution in [3.63, 3.8) is 0 Å². The average Bonchev–Trinajstić information content (AvgIpc) is 3.14. The Balaban J connectivity index is 1.72. The summed E-state index contributed by atoms with van der Waals surface area (Å²) in [5, 5.41) is 9.95. The van der Waals surface area contributed by atoms with Crippen LogP contribution < -0.4 is 4.74 Å². The number of aryl methyl sites for hydroxylation is 1. The van der Waals surface area contributed by atoms with Crippen molar-refractivity contribution in [3.8, 4) is 5.75 Å². The molecule has 1 aliphatic rings. The number of carbonyl (C=O) groups excluding carboxylic acids is 2. The third-order valence-corrected chi connectivity index (χ3v) is 6.49. The second-order valence-corrected chi connectivity index (χ2v) is 11.1. The molecule has 1 fully saturated rings. The van der Waals surface area contributed by atoms with Crippen molar-refractivity contribution in [1.29, 1.82) is 0 Å². The van der Waals surface area contributed by atoms with Gasteiger partial charge in [-0.15, -0.1) is 0 Å². The second-order valence-electron chi connectivity index (χ2n) is 11.1. The standard InChI is InChI=1S/C30H46O6/c1-22(2)17-25(18-23(3)4)12-13-26-19-30(20-31,36-29(26)33)21-35-28(32)9-7-6-8-16-34-27-14-10-24(5)11-15-27/h10-11,13-15,22-23,25,31H,6-9,12,16-21H2,1-5H3/b26-13+/t30-/m1/s1. The molecule has 0 aliphatic carbocycles. The third-order valence-electron chi connectivity index (χ3n) is 6.49. The largest absolute Gasteiger partial charge is 0.494 e. The van der Waals surface area contributed by atoms with Gasteiger partial charge in [-0.2, -0.15) is 0 Å². The number of esters is 2. The van der Waals surface area contributed by atoms with Crippen molar-refractivity contribution in [2.45, 2.75) is 91.6 Å². The summed E-state index contributed by atoms with van der Waals surface area (Å²) in [5.74, 6) is 1.80. The molecule has 0 radical (unpaired) electrons. The van der Waals surface area contributed by atoms with Crippen molar-refractivity contribution in [2.75, 3.05) is 19.8 Å². The van der Waals surface area contributed by atoms with Gasteiger partial charge in [0.2, 0.25) is 0 Å². The van der Waals surface area contributed by atoms with Gasteiger partial charge in [0.1, 0.15) is 12.4 Å². The highest BCUT2D eigenvalue weighted by Gasteiger charge is 2.44. The van der Waals surface area contributed by atoms with E-state index in [1.165, 1.54) is 5.56 Å². The number of aliphatic hydroxyl groups is 1. The van der Waals surface area contributed by atoms with E-state index in [9.17, 15) is 14.7 Å². The van der Waals surface area contributed by atoms with Crippen LogP contribution in [-0.2, 0) is 19.1 Å². The number of benzene rings is 1. The Morgan fingerprint density at radius 2 is 1.75 bits per heavy atom. The minimum Gasteiger partial charge on any atom is -0.494 e. The molecule has 0 amide bonds. The zero-order valence-corrected chi connectivity index (χ0v) is 22.9. The van der Waals surface area contributed by atoms with E-state index in [0.29, 0.717) is 36.4 Å². The maximum atomic E-state index is 12.5. The Kier molecular flexibility index (Phi) is 12.5. The molecule has 1 N–H and O–H groups in total. The number of unbranched alkanes of at least 4 members (excludes halogenated alkanes) is 2. The van der Waals surface area contributed by atoms with Crippen molar-refractivity contribution >= 4 is 11.9 Å². The van der Waals surface area contributed by atoms with Gasteiger partial charge in [0.05, 0.1) is 13.2 Å². The fourth-order valence-corrected chi connectivity index (χ4v) is 4.68. The molecule has 0 aromatic heterocycles. The average molecular weight is 503 g/mol. The quantitative estimate of drug-likeness (QED) is 0.165. The number of cyclic esters (lactones) is 1. The smallest absolute Gasteiger partial charge is 0.334 e. The van der Waals surface area contributed by atoms with Gasteiger partial charge < -0.3 is 19.3 Å². The van der Waals surface area contributed by atoms with Crippen LogP contribution in [0.2, 0.25) is 0 Å². The summed E-state index contributed by atoms with van der Waals surface area (Å²) in [6.07, 6.45) is 7.95. The lowest BCUT2D eigenvalue weighted by Gasteiger charge is -2.24. The van der Waals surface area contributed by atoms with Gasteiger partial charge in [-0.3, -0.25) is 4.79 Å². The number of hydrogen-bond donors (Lipinski definition) is 1. The lowest BCUT2D eigenvalue weighted by Crippen LogP contribution is -2.39. The van der Waals surface area contributed by atoms with Crippen LogP contribution in [0.3, 0.4) is 0 Å². The Bertz CT molecular complexity index is 832. The first-order valence-electron chi connectivity index (χ1n) is 13.5. The number of hydrogen-bond acceptors (Lipinski definition) is 6. The monoisotopic (exact) mass is 502 g/mol. The van der Waals surface area contributed by atoms with E-state index in [4.69, 9.17) is 14.2 Å². The molecule has 36 heavy (non-hydrogen) atoms. The molecule has 1 atom stereocenters. The zero-order chi connectivity index (χ0) is 26.6. The SMILES string of the molecule is Cc1ccc(OCCCCCC(=O)OC[C@]2(CO)C/C(=C\CC(CC(C)C)CC(C)C)C(=O)O2)cc1. The van der Waals surface area contributed by atoms with Crippen LogP contribution in [0.1, 0.15) is 84.6 Å². The van der Waals surface area contributed by atoms with Crippen molar-refractivity contribution in [2.24, 2.45) is 17.8 Å². The van der Waals surface area contributed by atoms with Crippen LogP contribution in [0.25, 0.3) is 0 Å². The number of rotatable bonds is 16. The third kappa shape index (κ3) is 10.7. The molecule has 6 heteroatoms. The summed E-state index contributed by atoms with van der Waals surface area (Å²) in [4.78, 5) is 24.7. The summed E-state index contributed by atoms with van der Waals surface area (Å²) < 4.78 is 16.6. The molecule has 1 aromatic rings. The Labute approximate surface area is 217 Å². The fourth-order valence-electron chi connectivity index (χ4n) is 4.68. The first-order chi connectivity index (χ1) is 17.1. The van der Waals surface area contributed by atoms with Crippen molar-refractivity contribution in [1.82, 2.24) is 0 Å². The van der Waals surface area contributed by atoms with E-state index in [2.05, 4.69) is 27.7 Å². The normalized spacial score (nSPS) is 18.9. The van der Waals surface area contributed by atoms with Gasteiger partial charge in [-0.1, -0.05) is 51.5 Å². The topological polar surface area (TPSA) is 82.1 Å². The molecule has 0 saturated carbocycles. The highest BCUT2D eigenvalue weighted by atomic mass is 16.6. The van der Waals surface area contributed by atoms with E-state index >= 15 is 0 Å². The molecule has 1 saturated heterocycles. The number of aliphatic hydroxyl groups excluding tert-OH is 1. The summed E-state index contributed by atoms with van der Waals surface area (Å²) in [6, 6.07) is 7.94. The fraction of sp³-hybridized carbons (Fsp3) is 0.667. The predicted molar refractivity (Wildman–Crippen MR) is 142 cm³/mol. The van der Waals surface area contributed by atoms with Gasteiger partial charge in [-0.25, -0.2) is 4.79 Å². The molecule has 0 unspecified atom stereocenters. The predicted octanol–water partition coefficient (Wildman–Crippen LogP) is 6.18. The summed E-state index contributed by atoms with van der Waals surface area (Å²) >= 11 is 0. The molecular weight excluding hydrogens is 456 g/mol. The molecule has 6 nitrogen and oxygen atoms in total. The minimum atomic E-state index is -1.17. The van der Waals surface area contributed by atoms with Crippen molar-refractivity contribution < 1.29 is 28.9 Å². The Morgan fingerprint density at radius 1 is 1.08 bits per heavy atom. The number of allylic oxidation sites excluding steroid dienone is 1. The van der Waals surface area contributed by atoms with E-state index in [1.807, 2.05) is 37.3 Å². The van der Waals surface area contributed by atoms with Crippen LogP contribution in [-0.4, -0.2) is 42.5 Å². The van der Waals surface area contributed by atoms with Crippen molar-refractivity contribution in [3.05, 3.63) is 41.5 Å². The highest BCUT2D eigenvalue weighted by molar-refractivity contribution is 5.91. The Morgan fingerprint density at radius 3 is 2.36 bits per heavy atom. The highest BCUT2D eigenvalue weighted by Crippen LogP contribution is 2.33. The summed E-state index contributed by atoms with van der Waals surface area (Å²) in [6.45, 7) is 11.0. The number of ether oxygens (including phenoxy) is 3. The van der Waals surface area contributed by atoms with Gasteiger partial charge >= 0.3 is 11.9 Å². The summed E-state index contributed by atoms with van der Waals surface area (Å²) in [7, 11) is 0. The minimum absolute atomic E-state index is 0.122. The first kappa shape index (κ1) is 29.9. The van der Waals surface area contributed by atoms with E-state index in [-0.39, 0.29) is 32.0 Å². The van der Waals surface area contributed by atoms with Crippen LogP contribution >= 0.6 is 0 Å². The van der Waals surface area contributed by atoms with Gasteiger partial charge in [0.15, 0.2) is 5.60 Å². The lowest BCUT2D eigenvalue weighted by molar-refractivity contribution is -0.166. The maximum absolute atomic E-state index is 12.5. The van der Waals surface area contributed by atoms with E-state index in [0.717, 1.165) is 37.9 Å². The molecule has 0 spiro atoms. The first-order valence-corrected chi connectivity index (χ1v) is 13.5. The van der Waals surface area contributed by atoms with Crippen LogP contribution in [0.4, 0.5) is 0 Å². The molecular formula is C30H46O6. The van der Waals surface area contributed by atoms with Gasteiger partial charge in [0, 0.05) is 18.4 Å². The van der Waals surface area contributed by atoms with Crippen LogP contribution in [0.5, 0.6) is 5.75 Å². The van der Waals surface area contributed by atoms with Gasteiger partial charge in [-0.05, 0) is 75.3 Å². The molecule has 202 valence electrons. The van der Waals surface area contributed by atoms with E-state index < -0.39 is 11.6 Å². The maximum Gasteiger partial charge on any atom is 0.334 e. The van der Waals surface area contributed by atoms with Gasteiger partial charge in [0.25, 0.3) is 0 Å². The lowest BCUT2D eigenvalue weighted by atomic mass is 9.86. The Hall–Kier alpha value is -2.34. The zero-order valence-electron chi connectivity index (χ0n) is 22.9. The van der Waals surface area contributed by atoms with Crippen LogP contribution in [0, 0.1) is 24.7 Å². The number of carbonyl (C=O) groups is 2. The second kappa shape index (κ2) is 15.0. The molecule has 0 bridgehead atoms. The summed E-state index contributed by atoms with van der Waals surface area (Å²) in [5.41, 5.74) is 0.595. The molecule has 1 aliphatic heterocycles. The van der Waals surface area contributed by atoms with Crippen LogP contribution in [0.15, 0.2) is 35.9 Å². The molecule has 1 heterocycles. The molecule has 1 aromatic carbocycles. The van der Waals surface area contributed by atoms with E-state index in [1.54, 1.807) is 0 Å².